The van der Waals surface area contributed by atoms with Crippen LogP contribution in [0.2, 0.25) is 0 Å². The van der Waals surface area contributed by atoms with E-state index in [0.29, 0.717) is 0 Å². The molecular weight excluding hydrogens is 362 g/mol. The minimum atomic E-state index is -3.99. The summed E-state index contributed by atoms with van der Waals surface area (Å²) in [6.07, 6.45) is 0.917. The number of benzene rings is 2. The third kappa shape index (κ3) is 3.11. The molecule has 2 N–H and O–H groups in total. The normalized spacial score (nSPS) is 12.0. The van der Waals surface area contributed by atoms with E-state index in [0.717, 1.165) is 6.20 Å². The van der Waals surface area contributed by atoms with Crippen LogP contribution in [0.25, 0.3) is 0 Å². The Morgan fingerprint density at radius 3 is 1.68 bits per heavy atom. The highest BCUT2D eigenvalue weighted by Crippen LogP contribution is 2.26. The van der Waals surface area contributed by atoms with E-state index in [1.165, 1.54) is 24.3 Å². The fourth-order valence-electron chi connectivity index (χ4n) is 2.14. The molecule has 0 amide bonds. The summed E-state index contributed by atoms with van der Waals surface area (Å²) >= 11 is 0. The summed E-state index contributed by atoms with van der Waals surface area (Å²) in [6, 6.07) is 15.2. The molecule has 7 nitrogen and oxygen atoms in total. The van der Waals surface area contributed by atoms with E-state index in [-0.39, 0.29) is 14.7 Å². The van der Waals surface area contributed by atoms with E-state index in [1.807, 2.05) is 0 Å². The Bertz CT molecular complexity index is 1110. The topological polar surface area (TPSA) is 120 Å². The van der Waals surface area contributed by atoms with Crippen molar-refractivity contribution < 1.29 is 16.8 Å². The Hall–Kier alpha value is -2.78. The monoisotopic (exact) mass is 375 g/mol. The van der Waals surface area contributed by atoms with Gasteiger partial charge in [-0.3, -0.25) is 0 Å². The fourth-order valence-corrected chi connectivity index (χ4v) is 4.55. The molecule has 0 radical (unpaired) electrons. The Balaban J connectivity index is 2.09. The van der Waals surface area contributed by atoms with Gasteiger partial charge < -0.3 is 5.73 Å². The van der Waals surface area contributed by atoms with E-state index < -0.39 is 30.6 Å². The van der Waals surface area contributed by atoms with Crippen LogP contribution in [0.3, 0.4) is 0 Å². The molecular formula is C16H13N3O4S2. The lowest BCUT2D eigenvalue weighted by Crippen LogP contribution is -2.13. The summed E-state index contributed by atoms with van der Waals surface area (Å²) in [5.41, 5.74) is 5.72. The van der Waals surface area contributed by atoms with Crippen LogP contribution in [-0.2, 0) is 19.7 Å². The second-order valence-electron chi connectivity index (χ2n) is 5.04. The largest absolute Gasteiger partial charge is 0.382 e. The Morgan fingerprint density at radius 1 is 0.720 bits per heavy atom. The molecule has 0 saturated heterocycles. The zero-order valence-electron chi connectivity index (χ0n) is 12.8. The molecule has 3 aromatic rings. The number of rotatable bonds is 4. The van der Waals surface area contributed by atoms with Crippen LogP contribution < -0.4 is 5.73 Å². The average Bonchev–Trinajstić information content (AvgIpc) is 2.63. The summed E-state index contributed by atoms with van der Waals surface area (Å²) in [6.45, 7) is 0. The maximum Gasteiger partial charge on any atom is 0.254 e. The zero-order chi connectivity index (χ0) is 18.1. The highest BCUT2D eigenvalue weighted by Gasteiger charge is 2.26. The molecule has 0 aliphatic carbocycles. The SMILES string of the molecule is Nc1nc(S(=O)(=O)c2ccccc2)ncc1S(=O)(=O)c1ccccc1. The van der Waals surface area contributed by atoms with E-state index in [4.69, 9.17) is 5.73 Å². The van der Waals surface area contributed by atoms with Gasteiger partial charge in [-0.25, -0.2) is 21.8 Å². The second kappa shape index (κ2) is 6.26. The molecule has 0 unspecified atom stereocenters. The zero-order valence-corrected chi connectivity index (χ0v) is 14.4. The third-order valence-electron chi connectivity index (χ3n) is 3.40. The van der Waals surface area contributed by atoms with Gasteiger partial charge in [0.1, 0.15) is 10.7 Å². The number of hydrogen-bond donors (Lipinski definition) is 1. The molecule has 0 aliphatic heterocycles. The molecule has 2 aromatic carbocycles. The van der Waals surface area contributed by atoms with Gasteiger partial charge >= 0.3 is 0 Å². The Labute approximate surface area is 145 Å². The van der Waals surface area contributed by atoms with Crippen molar-refractivity contribution in [3.63, 3.8) is 0 Å². The van der Waals surface area contributed by atoms with Crippen LogP contribution in [0.1, 0.15) is 0 Å². The van der Waals surface area contributed by atoms with Gasteiger partial charge in [-0.05, 0) is 24.3 Å². The minimum Gasteiger partial charge on any atom is -0.382 e. The molecule has 1 heterocycles. The van der Waals surface area contributed by atoms with Gasteiger partial charge in [-0.15, -0.1) is 0 Å². The quantitative estimate of drug-likeness (QED) is 0.689. The van der Waals surface area contributed by atoms with Crippen molar-refractivity contribution in [1.29, 1.82) is 0 Å². The first-order valence-corrected chi connectivity index (χ1v) is 10.0. The summed E-state index contributed by atoms with van der Waals surface area (Å²) in [5, 5.41) is -0.553. The average molecular weight is 375 g/mol. The fraction of sp³-hybridized carbons (Fsp3) is 0. The number of aromatic nitrogens is 2. The first-order chi connectivity index (χ1) is 11.8. The maximum atomic E-state index is 12.6. The number of hydrogen-bond acceptors (Lipinski definition) is 7. The van der Waals surface area contributed by atoms with Crippen molar-refractivity contribution in [3.8, 4) is 0 Å². The van der Waals surface area contributed by atoms with E-state index in [1.54, 1.807) is 36.4 Å². The van der Waals surface area contributed by atoms with Crippen LogP contribution in [0.15, 0.2) is 86.7 Å². The van der Waals surface area contributed by atoms with E-state index in [2.05, 4.69) is 9.97 Å². The molecule has 0 atom stereocenters. The van der Waals surface area contributed by atoms with E-state index in [9.17, 15) is 16.8 Å². The smallest absolute Gasteiger partial charge is 0.254 e. The molecule has 0 spiro atoms. The lowest BCUT2D eigenvalue weighted by molar-refractivity contribution is 0.583. The van der Waals surface area contributed by atoms with Gasteiger partial charge in [0.25, 0.3) is 5.16 Å². The lowest BCUT2D eigenvalue weighted by atomic mass is 10.4. The molecule has 9 heteroatoms. The number of nitrogens with zero attached hydrogens (tertiary/aromatic N) is 2. The lowest BCUT2D eigenvalue weighted by Gasteiger charge is -2.08. The predicted octanol–water partition coefficient (Wildman–Crippen LogP) is 1.72. The molecule has 0 bridgehead atoms. The number of anilines is 1. The van der Waals surface area contributed by atoms with Crippen LogP contribution in [0.5, 0.6) is 0 Å². The van der Waals surface area contributed by atoms with Crippen LogP contribution in [0, 0.1) is 0 Å². The molecule has 128 valence electrons. The molecule has 0 fully saturated rings. The highest BCUT2D eigenvalue weighted by atomic mass is 32.2. The van der Waals surface area contributed by atoms with Crippen LogP contribution >= 0.6 is 0 Å². The summed E-state index contributed by atoms with van der Waals surface area (Å²) in [7, 11) is -7.93. The third-order valence-corrected chi connectivity index (χ3v) is 6.75. The van der Waals surface area contributed by atoms with Crippen molar-refractivity contribution in [2.75, 3.05) is 5.73 Å². The van der Waals surface area contributed by atoms with Gasteiger partial charge in [0.05, 0.1) is 16.0 Å². The van der Waals surface area contributed by atoms with Gasteiger partial charge in [0, 0.05) is 0 Å². The number of nitrogens with two attached hydrogens (primary N) is 1. The van der Waals surface area contributed by atoms with E-state index >= 15 is 0 Å². The molecule has 0 saturated carbocycles. The molecule has 0 aliphatic rings. The molecule has 1 aromatic heterocycles. The Kier molecular flexibility index (Phi) is 4.27. The predicted molar refractivity (Wildman–Crippen MR) is 90.2 cm³/mol. The number of nitrogen functional groups attached to an aromatic ring is 1. The van der Waals surface area contributed by atoms with Gasteiger partial charge in [0.15, 0.2) is 0 Å². The first kappa shape index (κ1) is 17.1. The van der Waals surface area contributed by atoms with Crippen molar-refractivity contribution in [2.45, 2.75) is 19.8 Å². The van der Waals surface area contributed by atoms with Gasteiger partial charge in [0.2, 0.25) is 19.7 Å². The summed E-state index contributed by atoms with van der Waals surface area (Å²) < 4.78 is 50.1. The van der Waals surface area contributed by atoms with Crippen molar-refractivity contribution in [3.05, 3.63) is 66.9 Å². The maximum absolute atomic E-state index is 12.6. The highest BCUT2D eigenvalue weighted by molar-refractivity contribution is 7.92. The van der Waals surface area contributed by atoms with Crippen molar-refractivity contribution in [2.24, 2.45) is 0 Å². The van der Waals surface area contributed by atoms with Crippen LogP contribution in [0.4, 0.5) is 5.82 Å². The standard InChI is InChI=1S/C16H13N3O4S2/c17-15-14(24(20,21)12-7-3-1-4-8-12)11-18-16(19-15)25(22,23)13-9-5-2-6-10-13/h1-11H,(H2,17,18,19). The molecule has 25 heavy (non-hydrogen) atoms. The van der Waals surface area contributed by atoms with Gasteiger partial charge in [-0.1, -0.05) is 36.4 Å². The van der Waals surface area contributed by atoms with Crippen molar-refractivity contribution >= 4 is 25.5 Å². The second-order valence-corrected chi connectivity index (χ2v) is 8.80. The van der Waals surface area contributed by atoms with Crippen molar-refractivity contribution in [1.82, 2.24) is 9.97 Å². The van der Waals surface area contributed by atoms with Crippen LogP contribution in [-0.4, -0.2) is 26.8 Å². The molecule has 3 rings (SSSR count). The minimum absolute atomic E-state index is 0.00642. The Morgan fingerprint density at radius 2 is 1.20 bits per heavy atom. The first-order valence-electron chi connectivity index (χ1n) is 7.06. The summed E-state index contributed by atoms with van der Waals surface area (Å²) in [4.78, 5) is 7.10. The number of sulfone groups is 2. The summed E-state index contributed by atoms with van der Waals surface area (Å²) in [5.74, 6) is -0.423. The van der Waals surface area contributed by atoms with Gasteiger partial charge in [-0.2, -0.15) is 4.98 Å².